The Morgan fingerprint density at radius 2 is 1.79 bits per heavy atom. The molecule has 0 unspecified atom stereocenters. The van der Waals surface area contributed by atoms with Crippen LogP contribution in [0.2, 0.25) is 0 Å². The highest BCUT2D eigenvalue weighted by Crippen LogP contribution is 2.27. The first-order chi connectivity index (χ1) is 16.5. The fourth-order valence-corrected chi connectivity index (χ4v) is 5.49. The molecule has 7 heteroatoms. The second-order valence-corrected chi connectivity index (χ2v) is 9.89. The molecule has 5 rings (SSSR count). The minimum atomic E-state index is -0.576. The Bertz CT molecular complexity index is 1060. The number of aliphatic hydroxyl groups is 1. The molecule has 2 amide bonds. The SMILES string of the molecule is CC(=O)N1CCC(Nc2ccc3c(c2)C(=O)N(C[C@H](O)CN2CCc4ccccc4C2)C3)CC1. The molecule has 2 aromatic carbocycles. The number of carbonyl (C=O) groups excluding carboxylic acids is 2. The summed E-state index contributed by atoms with van der Waals surface area (Å²) in [6.07, 6.45) is 2.24. The monoisotopic (exact) mass is 462 g/mol. The highest BCUT2D eigenvalue weighted by atomic mass is 16.3. The van der Waals surface area contributed by atoms with Crippen LogP contribution in [0, 0.1) is 0 Å². The number of hydrogen-bond donors (Lipinski definition) is 2. The number of aliphatic hydroxyl groups excluding tert-OH is 1. The Morgan fingerprint density at radius 3 is 2.56 bits per heavy atom. The largest absolute Gasteiger partial charge is 0.390 e. The van der Waals surface area contributed by atoms with E-state index in [9.17, 15) is 14.7 Å². The van der Waals surface area contributed by atoms with Crippen LogP contribution in [0.15, 0.2) is 42.5 Å². The van der Waals surface area contributed by atoms with Crippen LogP contribution in [-0.2, 0) is 24.3 Å². The van der Waals surface area contributed by atoms with E-state index >= 15 is 0 Å². The second kappa shape index (κ2) is 9.76. The van der Waals surface area contributed by atoms with Crippen molar-refractivity contribution in [2.45, 2.75) is 51.4 Å². The summed E-state index contributed by atoms with van der Waals surface area (Å²) in [6, 6.07) is 14.8. The van der Waals surface area contributed by atoms with Gasteiger partial charge in [0, 0.05) is 70.0 Å². The van der Waals surface area contributed by atoms with Gasteiger partial charge in [-0.2, -0.15) is 0 Å². The van der Waals surface area contributed by atoms with Gasteiger partial charge in [-0.05, 0) is 48.1 Å². The smallest absolute Gasteiger partial charge is 0.254 e. The minimum Gasteiger partial charge on any atom is -0.390 e. The van der Waals surface area contributed by atoms with Gasteiger partial charge in [0.2, 0.25) is 5.91 Å². The fourth-order valence-electron chi connectivity index (χ4n) is 5.49. The van der Waals surface area contributed by atoms with Crippen LogP contribution in [0.3, 0.4) is 0 Å². The summed E-state index contributed by atoms with van der Waals surface area (Å²) in [4.78, 5) is 30.5. The Kier molecular flexibility index (Phi) is 6.57. The predicted octanol–water partition coefficient (Wildman–Crippen LogP) is 2.48. The average Bonchev–Trinajstić information content (AvgIpc) is 3.14. The number of nitrogens with zero attached hydrogens (tertiary/aromatic N) is 3. The number of hydrogen-bond acceptors (Lipinski definition) is 5. The molecule has 1 fully saturated rings. The van der Waals surface area contributed by atoms with Crippen molar-refractivity contribution >= 4 is 17.5 Å². The Hall–Kier alpha value is -2.90. The van der Waals surface area contributed by atoms with Gasteiger partial charge in [0.1, 0.15) is 0 Å². The highest BCUT2D eigenvalue weighted by molar-refractivity contribution is 5.99. The Balaban J connectivity index is 1.14. The molecule has 3 heterocycles. The van der Waals surface area contributed by atoms with E-state index in [0.29, 0.717) is 25.7 Å². The van der Waals surface area contributed by atoms with Gasteiger partial charge >= 0.3 is 0 Å². The third-order valence-electron chi connectivity index (χ3n) is 7.41. The van der Waals surface area contributed by atoms with E-state index in [1.165, 1.54) is 11.1 Å². The molecule has 0 bridgehead atoms. The highest BCUT2D eigenvalue weighted by Gasteiger charge is 2.30. The molecule has 1 atom stereocenters. The summed E-state index contributed by atoms with van der Waals surface area (Å²) in [6.45, 7) is 6.40. The van der Waals surface area contributed by atoms with Gasteiger partial charge in [-0.3, -0.25) is 14.5 Å². The first-order valence-electron chi connectivity index (χ1n) is 12.4. The number of likely N-dealkylation sites (tertiary alicyclic amines) is 1. The number of fused-ring (bicyclic) bond motifs is 2. The molecule has 0 saturated carbocycles. The lowest BCUT2D eigenvalue weighted by Crippen LogP contribution is -2.42. The van der Waals surface area contributed by atoms with E-state index in [1.807, 2.05) is 23.1 Å². The summed E-state index contributed by atoms with van der Waals surface area (Å²) in [7, 11) is 0. The summed E-state index contributed by atoms with van der Waals surface area (Å²) in [5.41, 5.74) is 5.42. The van der Waals surface area contributed by atoms with E-state index in [1.54, 1.807) is 11.8 Å². The number of amides is 2. The zero-order chi connectivity index (χ0) is 23.7. The zero-order valence-electron chi connectivity index (χ0n) is 19.9. The van der Waals surface area contributed by atoms with Gasteiger partial charge in [-0.1, -0.05) is 30.3 Å². The van der Waals surface area contributed by atoms with Gasteiger partial charge in [-0.15, -0.1) is 0 Å². The predicted molar refractivity (Wildman–Crippen MR) is 132 cm³/mol. The molecule has 2 N–H and O–H groups in total. The maximum absolute atomic E-state index is 13.1. The molecule has 2 aromatic rings. The lowest BCUT2D eigenvalue weighted by atomic mass is 10.00. The normalized spacial score (nSPS) is 19.6. The molecular formula is C27H34N4O3. The van der Waals surface area contributed by atoms with E-state index in [2.05, 4.69) is 34.5 Å². The maximum atomic E-state index is 13.1. The third-order valence-corrected chi connectivity index (χ3v) is 7.41. The van der Waals surface area contributed by atoms with Crippen LogP contribution in [0.4, 0.5) is 5.69 Å². The molecule has 34 heavy (non-hydrogen) atoms. The van der Waals surface area contributed by atoms with Gasteiger partial charge < -0.3 is 20.2 Å². The first-order valence-corrected chi connectivity index (χ1v) is 12.4. The summed E-state index contributed by atoms with van der Waals surface area (Å²) < 4.78 is 0. The topological polar surface area (TPSA) is 76.1 Å². The van der Waals surface area contributed by atoms with Crippen molar-refractivity contribution in [1.82, 2.24) is 14.7 Å². The number of rotatable bonds is 6. The summed E-state index contributed by atoms with van der Waals surface area (Å²) in [5.74, 6) is 0.127. The van der Waals surface area contributed by atoms with E-state index in [-0.39, 0.29) is 11.8 Å². The Labute approximate surface area is 201 Å². The van der Waals surface area contributed by atoms with Crippen LogP contribution in [0.5, 0.6) is 0 Å². The van der Waals surface area contributed by atoms with Crippen molar-refractivity contribution in [3.63, 3.8) is 0 Å². The Morgan fingerprint density at radius 1 is 1.03 bits per heavy atom. The molecule has 3 aliphatic heterocycles. The first kappa shape index (κ1) is 22.9. The van der Waals surface area contributed by atoms with Crippen molar-refractivity contribution in [2.24, 2.45) is 0 Å². The number of anilines is 1. The molecule has 0 aliphatic carbocycles. The van der Waals surface area contributed by atoms with Crippen LogP contribution in [0.25, 0.3) is 0 Å². The van der Waals surface area contributed by atoms with Crippen LogP contribution in [-0.4, -0.2) is 76.5 Å². The molecular weight excluding hydrogens is 428 g/mol. The molecule has 0 aromatic heterocycles. The second-order valence-electron chi connectivity index (χ2n) is 9.89. The third kappa shape index (κ3) is 4.95. The number of carbonyl (C=O) groups is 2. The van der Waals surface area contributed by atoms with Crippen molar-refractivity contribution in [1.29, 1.82) is 0 Å². The van der Waals surface area contributed by atoms with Crippen LogP contribution >= 0.6 is 0 Å². The molecule has 1 saturated heterocycles. The molecule has 0 radical (unpaired) electrons. The van der Waals surface area contributed by atoms with E-state index in [4.69, 9.17) is 0 Å². The van der Waals surface area contributed by atoms with Crippen molar-refractivity contribution in [2.75, 3.05) is 38.0 Å². The average molecular weight is 463 g/mol. The lowest BCUT2D eigenvalue weighted by molar-refractivity contribution is -0.129. The zero-order valence-corrected chi connectivity index (χ0v) is 19.9. The molecule has 180 valence electrons. The van der Waals surface area contributed by atoms with Gasteiger partial charge in [-0.25, -0.2) is 0 Å². The summed E-state index contributed by atoms with van der Waals surface area (Å²) >= 11 is 0. The molecule has 3 aliphatic rings. The maximum Gasteiger partial charge on any atom is 0.254 e. The van der Waals surface area contributed by atoms with E-state index < -0.39 is 6.10 Å². The molecule has 0 spiro atoms. The lowest BCUT2D eigenvalue weighted by Gasteiger charge is -2.32. The minimum absolute atomic E-state index is 0.00640. The standard InChI is InChI=1S/C27H34N4O3/c1-19(32)30-12-9-23(10-13-30)28-24-7-6-22-16-31(27(34)26(22)14-24)18-25(33)17-29-11-8-20-4-2-3-5-21(20)15-29/h2-7,14,23,25,28,33H,8-13,15-18H2,1H3/t25-/m1/s1. The van der Waals surface area contributed by atoms with Crippen molar-refractivity contribution < 1.29 is 14.7 Å². The van der Waals surface area contributed by atoms with Crippen LogP contribution in [0.1, 0.15) is 46.8 Å². The van der Waals surface area contributed by atoms with Crippen LogP contribution < -0.4 is 5.32 Å². The van der Waals surface area contributed by atoms with Gasteiger partial charge in [0.05, 0.1) is 6.10 Å². The summed E-state index contributed by atoms with van der Waals surface area (Å²) in [5, 5.41) is 14.3. The number of nitrogens with one attached hydrogen (secondary N) is 1. The van der Waals surface area contributed by atoms with Gasteiger partial charge in [0.25, 0.3) is 5.91 Å². The van der Waals surface area contributed by atoms with E-state index in [0.717, 1.165) is 62.3 Å². The quantitative estimate of drug-likeness (QED) is 0.690. The van der Waals surface area contributed by atoms with Gasteiger partial charge in [0.15, 0.2) is 0 Å². The number of piperidine rings is 1. The fraction of sp³-hybridized carbons (Fsp3) is 0.481. The van der Waals surface area contributed by atoms with Crippen molar-refractivity contribution in [3.05, 3.63) is 64.7 Å². The number of β-amino-alcohol motifs (C(OH)–C–C–N with tert-alkyl or cyclic N) is 1. The molecule has 7 nitrogen and oxygen atoms in total. The number of benzene rings is 2. The van der Waals surface area contributed by atoms with Crippen molar-refractivity contribution in [3.8, 4) is 0 Å².